The van der Waals surface area contributed by atoms with Crippen molar-refractivity contribution in [2.24, 2.45) is 11.1 Å². The van der Waals surface area contributed by atoms with Gasteiger partial charge in [-0.05, 0) is 43.4 Å². The number of methoxy groups -OCH3 is 1. The van der Waals surface area contributed by atoms with E-state index in [4.69, 9.17) is 10.5 Å². The Hall–Kier alpha value is -1.06. The molecule has 2 rings (SSSR count). The molecule has 1 fully saturated rings. The van der Waals surface area contributed by atoms with Crippen LogP contribution in [-0.4, -0.2) is 37.2 Å². The van der Waals surface area contributed by atoms with Crippen molar-refractivity contribution in [1.29, 1.82) is 0 Å². The molecule has 1 unspecified atom stereocenters. The molecule has 1 aliphatic rings. The van der Waals surface area contributed by atoms with Crippen LogP contribution in [-0.2, 0) is 6.42 Å². The smallest absolute Gasteiger partial charge is 0.122 e. The highest BCUT2D eigenvalue weighted by Gasteiger charge is 2.39. The van der Waals surface area contributed by atoms with E-state index in [2.05, 4.69) is 37.8 Å². The SMILES string of the molecule is COc1ccccc1CC(C)(CN)N1CCC(C)(C)C1. The van der Waals surface area contributed by atoms with E-state index in [9.17, 15) is 0 Å². The predicted octanol–water partition coefficient (Wildman–Crippen LogP) is 2.69. The van der Waals surface area contributed by atoms with Crippen molar-refractivity contribution in [3.63, 3.8) is 0 Å². The first-order valence-electron chi connectivity index (χ1n) is 7.47. The van der Waals surface area contributed by atoms with Gasteiger partial charge in [0.25, 0.3) is 0 Å². The molecule has 3 heteroatoms. The summed E-state index contributed by atoms with van der Waals surface area (Å²) in [6.07, 6.45) is 2.18. The molecule has 1 atom stereocenters. The lowest BCUT2D eigenvalue weighted by molar-refractivity contribution is 0.127. The van der Waals surface area contributed by atoms with Crippen LogP contribution in [0.1, 0.15) is 32.8 Å². The van der Waals surface area contributed by atoms with Gasteiger partial charge in [0.15, 0.2) is 0 Å². The zero-order valence-electron chi connectivity index (χ0n) is 13.3. The van der Waals surface area contributed by atoms with Crippen LogP contribution in [0.5, 0.6) is 5.75 Å². The maximum absolute atomic E-state index is 6.13. The molecule has 1 aliphatic heterocycles. The van der Waals surface area contributed by atoms with Gasteiger partial charge >= 0.3 is 0 Å². The summed E-state index contributed by atoms with van der Waals surface area (Å²) >= 11 is 0. The summed E-state index contributed by atoms with van der Waals surface area (Å²) in [5, 5.41) is 0. The average molecular weight is 276 g/mol. The minimum Gasteiger partial charge on any atom is -0.496 e. The molecule has 20 heavy (non-hydrogen) atoms. The predicted molar refractivity (Wildman–Crippen MR) is 84.1 cm³/mol. The van der Waals surface area contributed by atoms with E-state index in [1.54, 1.807) is 7.11 Å². The van der Waals surface area contributed by atoms with Crippen molar-refractivity contribution in [3.8, 4) is 5.75 Å². The molecule has 0 aliphatic carbocycles. The normalized spacial score (nSPS) is 21.6. The summed E-state index contributed by atoms with van der Waals surface area (Å²) in [5.41, 5.74) is 7.78. The van der Waals surface area contributed by atoms with Crippen LogP contribution in [0.2, 0.25) is 0 Å². The third-order valence-electron chi connectivity index (χ3n) is 4.64. The second-order valence-corrected chi connectivity index (χ2v) is 7.03. The molecule has 0 amide bonds. The van der Waals surface area contributed by atoms with E-state index in [0.29, 0.717) is 12.0 Å². The lowest BCUT2D eigenvalue weighted by Gasteiger charge is -2.39. The second kappa shape index (κ2) is 5.74. The highest BCUT2D eigenvalue weighted by molar-refractivity contribution is 5.34. The van der Waals surface area contributed by atoms with Gasteiger partial charge in [0.2, 0.25) is 0 Å². The lowest BCUT2D eigenvalue weighted by Crippen LogP contribution is -2.52. The van der Waals surface area contributed by atoms with E-state index < -0.39 is 0 Å². The van der Waals surface area contributed by atoms with Crippen LogP contribution in [0.25, 0.3) is 0 Å². The zero-order chi connectivity index (χ0) is 14.8. The van der Waals surface area contributed by atoms with E-state index in [0.717, 1.165) is 25.3 Å². The topological polar surface area (TPSA) is 38.5 Å². The molecule has 1 aromatic carbocycles. The van der Waals surface area contributed by atoms with E-state index >= 15 is 0 Å². The third kappa shape index (κ3) is 3.15. The largest absolute Gasteiger partial charge is 0.496 e. The van der Waals surface area contributed by atoms with Gasteiger partial charge in [-0.25, -0.2) is 0 Å². The van der Waals surface area contributed by atoms with Gasteiger partial charge in [-0.1, -0.05) is 32.0 Å². The van der Waals surface area contributed by atoms with Crippen molar-refractivity contribution < 1.29 is 4.74 Å². The maximum Gasteiger partial charge on any atom is 0.122 e. The lowest BCUT2D eigenvalue weighted by atomic mass is 9.89. The molecule has 0 aromatic heterocycles. The van der Waals surface area contributed by atoms with Crippen LogP contribution in [0, 0.1) is 5.41 Å². The molecule has 0 saturated carbocycles. The standard InChI is InChI=1S/C17H28N2O/c1-16(2)9-10-19(13-16)17(3,12-18)11-14-7-5-6-8-15(14)20-4/h5-8H,9-13,18H2,1-4H3. The molecule has 2 N–H and O–H groups in total. The molecule has 0 bridgehead atoms. The monoisotopic (exact) mass is 276 g/mol. The Morgan fingerprint density at radius 1 is 1.35 bits per heavy atom. The first-order chi connectivity index (χ1) is 9.40. The quantitative estimate of drug-likeness (QED) is 0.898. The number of benzene rings is 1. The Morgan fingerprint density at radius 2 is 2.05 bits per heavy atom. The van der Waals surface area contributed by atoms with E-state index in [-0.39, 0.29) is 5.54 Å². The van der Waals surface area contributed by atoms with Gasteiger partial charge in [-0.15, -0.1) is 0 Å². The molecule has 3 nitrogen and oxygen atoms in total. The van der Waals surface area contributed by atoms with Gasteiger partial charge in [-0.2, -0.15) is 0 Å². The van der Waals surface area contributed by atoms with Gasteiger partial charge in [0, 0.05) is 18.6 Å². The molecule has 112 valence electrons. The molecule has 1 heterocycles. The van der Waals surface area contributed by atoms with Gasteiger partial charge in [-0.3, -0.25) is 4.90 Å². The molecular weight excluding hydrogens is 248 g/mol. The minimum absolute atomic E-state index is 0.00238. The highest BCUT2D eigenvalue weighted by atomic mass is 16.5. The number of likely N-dealkylation sites (tertiary alicyclic amines) is 1. The molecule has 0 radical (unpaired) electrons. The summed E-state index contributed by atoms with van der Waals surface area (Å²) in [5.74, 6) is 0.964. The van der Waals surface area contributed by atoms with Crippen LogP contribution in [0.15, 0.2) is 24.3 Å². The zero-order valence-corrected chi connectivity index (χ0v) is 13.3. The third-order valence-corrected chi connectivity index (χ3v) is 4.64. The highest BCUT2D eigenvalue weighted by Crippen LogP contribution is 2.35. The summed E-state index contributed by atoms with van der Waals surface area (Å²) in [7, 11) is 1.73. The van der Waals surface area contributed by atoms with Crippen LogP contribution >= 0.6 is 0 Å². The Labute approximate surface area is 123 Å². The average Bonchev–Trinajstić information content (AvgIpc) is 2.80. The maximum atomic E-state index is 6.13. The van der Waals surface area contributed by atoms with Crippen LogP contribution in [0.3, 0.4) is 0 Å². The summed E-state index contributed by atoms with van der Waals surface area (Å²) in [4.78, 5) is 2.55. The molecular formula is C17H28N2O. The van der Waals surface area contributed by atoms with Crippen LogP contribution in [0.4, 0.5) is 0 Å². The molecule has 0 spiro atoms. The van der Waals surface area contributed by atoms with Crippen molar-refractivity contribution in [1.82, 2.24) is 4.90 Å². The van der Waals surface area contributed by atoms with E-state index in [1.165, 1.54) is 12.0 Å². The number of rotatable bonds is 5. The van der Waals surface area contributed by atoms with Crippen molar-refractivity contribution in [2.75, 3.05) is 26.7 Å². The Bertz CT molecular complexity index is 458. The van der Waals surface area contributed by atoms with Crippen LogP contribution < -0.4 is 10.5 Å². The number of nitrogens with zero attached hydrogens (tertiary/aromatic N) is 1. The molecule has 1 aromatic rings. The fourth-order valence-corrected chi connectivity index (χ4v) is 3.15. The summed E-state index contributed by atoms with van der Waals surface area (Å²) < 4.78 is 5.48. The Kier molecular flexibility index (Phi) is 4.40. The fraction of sp³-hybridized carbons (Fsp3) is 0.647. The minimum atomic E-state index is 0.00238. The summed E-state index contributed by atoms with van der Waals surface area (Å²) in [6.45, 7) is 9.88. The van der Waals surface area contributed by atoms with Gasteiger partial charge in [0.1, 0.15) is 5.75 Å². The Morgan fingerprint density at radius 3 is 2.60 bits per heavy atom. The number of hydrogen-bond donors (Lipinski definition) is 1. The first kappa shape index (κ1) is 15.3. The van der Waals surface area contributed by atoms with Crippen molar-refractivity contribution >= 4 is 0 Å². The first-order valence-corrected chi connectivity index (χ1v) is 7.47. The number of ether oxygens (including phenoxy) is 1. The van der Waals surface area contributed by atoms with Gasteiger partial charge in [0.05, 0.1) is 7.11 Å². The summed E-state index contributed by atoms with van der Waals surface area (Å²) in [6, 6.07) is 8.26. The molecule has 1 saturated heterocycles. The Balaban J connectivity index is 2.19. The van der Waals surface area contributed by atoms with Crippen molar-refractivity contribution in [3.05, 3.63) is 29.8 Å². The number of hydrogen-bond acceptors (Lipinski definition) is 3. The number of para-hydroxylation sites is 1. The van der Waals surface area contributed by atoms with Gasteiger partial charge < -0.3 is 10.5 Å². The fourth-order valence-electron chi connectivity index (χ4n) is 3.15. The second-order valence-electron chi connectivity index (χ2n) is 7.03. The van der Waals surface area contributed by atoms with E-state index in [1.807, 2.05) is 12.1 Å². The van der Waals surface area contributed by atoms with Crippen molar-refractivity contribution in [2.45, 2.75) is 39.2 Å². The number of nitrogens with two attached hydrogens (primary N) is 1.